The van der Waals surface area contributed by atoms with E-state index >= 15 is 0 Å². The van der Waals surface area contributed by atoms with E-state index in [1.165, 1.54) is 6.07 Å². The Morgan fingerprint density at radius 3 is 2.23 bits per heavy atom. The lowest BCUT2D eigenvalue weighted by Gasteiger charge is -2.27. The fourth-order valence-corrected chi connectivity index (χ4v) is 3.20. The first-order valence-corrected chi connectivity index (χ1v) is 8.74. The van der Waals surface area contributed by atoms with Crippen LogP contribution in [0.15, 0.2) is 12.1 Å². The summed E-state index contributed by atoms with van der Waals surface area (Å²) in [5.41, 5.74) is 6.79. The summed E-state index contributed by atoms with van der Waals surface area (Å²) in [5.74, 6) is -1.14. The Morgan fingerprint density at radius 2 is 1.65 bits per heavy atom. The molecule has 0 bridgehead atoms. The monoisotopic (exact) mass is 382 g/mol. The Bertz CT molecular complexity index is 829. The number of nitrogen functional groups attached to an aromatic ring is 1. The normalized spacial score (nSPS) is 12.3. The third kappa shape index (κ3) is 4.23. The molecule has 0 amide bonds. The molecule has 2 aromatic rings. The van der Waals surface area contributed by atoms with Crippen LogP contribution in [0.4, 0.5) is 20.4 Å². The minimum atomic E-state index is -0.663. The van der Waals surface area contributed by atoms with E-state index in [2.05, 4.69) is 15.3 Å². The lowest BCUT2D eigenvalue weighted by molar-refractivity contribution is 0.525. The van der Waals surface area contributed by atoms with Crippen LogP contribution in [0.3, 0.4) is 0 Å². The Hall–Kier alpha value is -1.95. The quantitative estimate of drug-likeness (QED) is 0.782. The van der Waals surface area contributed by atoms with E-state index in [-0.39, 0.29) is 22.1 Å². The molecule has 4 nitrogen and oxygen atoms in total. The van der Waals surface area contributed by atoms with E-state index in [0.29, 0.717) is 12.2 Å². The second kappa shape index (κ2) is 6.99. The molecule has 0 aliphatic heterocycles. The molecular weight excluding hydrogens is 358 g/mol. The van der Waals surface area contributed by atoms with Crippen molar-refractivity contribution in [2.24, 2.45) is 0 Å². The molecule has 0 saturated heterocycles. The van der Waals surface area contributed by atoms with Crippen LogP contribution in [-0.2, 0) is 10.8 Å². The number of rotatable bonds is 4. The zero-order valence-corrected chi connectivity index (χ0v) is 16.7. The number of nitrogens with zero attached hydrogens (tertiary/aromatic N) is 2. The van der Waals surface area contributed by atoms with Crippen LogP contribution in [0.2, 0.25) is 5.02 Å². The van der Waals surface area contributed by atoms with Crippen LogP contribution in [-0.4, -0.2) is 16.5 Å². The molecule has 2 aromatic heterocycles. The first-order chi connectivity index (χ1) is 11.8. The fourth-order valence-electron chi connectivity index (χ4n) is 2.81. The molecule has 0 saturated carbocycles. The molecule has 26 heavy (non-hydrogen) atoms. The Balaban J connectivity index is 2.32. The molecular formula is C19H25ClF2N4. The topological polar surface area (TPSA) is 63.8 Å². The van der Waals surface area contributed by atoms with Gasteiger partial charge < -0.3 is 11.1 Å². The molecule has 0 spiro atoms. The number of nitrogens with two attached hydrogens (primary N) is 1. The molecule has 0 aromatic carbocycles. The largest absolute Gasteiger partial charge is 0.381 e. The van der Waals surface area contributed by atoms with Gasteiger partial charge in [0.1, 0.15) is 0 Å². The van der Waals surface area contributed by atoms with E-state index in [1.807, 2.05) is 41.5 Å². The predicted molar refractivity (Wildman–Crippen MR) is 103 cm³/mol. The van der Waals surface area contributed by atoms with Crippen molar-refractivity contribution in [1.29, 1.82) is 0 Å². The average Bonchev–Trinajstić information content (AvgIpc) is 2.48. The van der Waals surface area contributed by atoms with Crippen LogP contribution in [0.1, 0.15) is 51.6 Å². The second-order valence-electron chi connectivity index (χ2n) is 8.16. The molecule has 142 valence electrons. The maximum Gasteiger partial charge on any atom is 0.166 e. The number of aromatic nitrogens is 2. The van der Waals surface area contributed by atoms with Gasteiger partial charge >= 0.3 is 0 Å². The van der Waals surface area contributed by atoms with Gasteiger partial charge in [0, 0.05) is 17.4 Å². The van der Waals surface area contributed by atoms with Gasteiger partial charge in [-0.1, -0.05) is 46.2 Å². The van der Waals surface area contributed by atoms with Crippen LogP contribution in [0, 0.1) is 18.6 Å². The minimum absolute atomic E-state index is 0.166. The Labute approximate surface area is 158 Å². The van der Waals surface area contributed by atoms with Crippen molar-refractivity contribution in [3.63, 3.8) is 0 Å². The summed E-state index contributed by atoms with van der Waals surface area (Å²) in [6, 6.07) is 2.62. The summed E-state index contributed by atoms with van der Waals surface area (Å²) in [6.45, 7) is 11.9. The first kappa shape index (κ1) is 20.4. The summed E-state index contributed by atoms with van der Waals surface area (Å²) in [6.07, 6.45) is 0. The maximum atomic E-state index is 14.4. The van der Waals surface area contributed by atoms with Gasteiger partial charge in [-0.15, -0.1) is 0 Å². The number of hydrogen-bond acceptors (Lipinski definition) is 4. The van der Waals surface area contributed by atoms with Crippen LogP contribution in [0.5, 0.6) is 0 Å². The Kier molecular flexibility index (Phi) is 5.47. The van der Waals surface area contributed by atoms with Gasteiger partial charge in [0.15, 0.2) is 23.3 Å². The van der Waals surface area contributed by atoms with Crippen molar-refractivity contribution < 1.29 is 8.78 Å². The standard InChI is InChI=1S/C19H25ClF2N4/c1-10-7-13(22)17(26-14(10)18(2,3)4)24-9-19(5,6)15-11(20)8-12(21)16(23)25-15/h7-8H,9H2,1-6H3,(H2,23,25)(H,24,26). The zero-order valence-electron chi connectivity index (χ0n) is 16.0. The number of aryl methyl sites for hydroxylation is 1. The SMILES string of the molecule is Cc1cc(F)c(NCC(C)(C)c2nc(N)c(F)cc2Cl)nc1C(C)(C)C. The molecule has 0 fully saturated rings. The Morgan fingerprint density at radius 1 is 1.04 bits per heavy atom. The van der Waals surface area contributed by atoms with Crippen molar-refractivity contribution >= 4 is 23.2 Å². The molecule has 0 radical (unpaired) electrons. The van der Waals surface area contributed by atoms with E-state index < -0.39 is 17.0 Å². The molecule has 2 heterocycles. The average molecular weight is 383 g/mol. The van der Waals surface area contributed by atoms with E-state index in [4.69, 9.17) is 17.3 Å². The minimum Gasteiger partial charge on any atom is -0.381 e. The number of anilines is 2. The van der Waals surface area contributed by atoms with Gasteiger partial charge in [-0.2, -0.15) is 0 Å². The van der Waals surface area contributed by atoms with Crippen molar-refractivity contribution in [3.05, 3.63) is 45.7 Å². The summed E-state index contributed by atoms with van der Waals surface area (Å²) >= 11 is 6.13. The van der Waals surface area contributed by atoms with Crippen molar-refractivity contribution in [2.75, 3.05) is 17.6 Å². The van der Waals surface area contributed by atoms with E-state index in [9.17, 15) is 8.78 Å². The molecule has 0 unspecified atom stereocenters. The summed E-state index contributed by atoms with van der Waals surface area (Å²) < 4.78 is 27.9. The second-order valence-corrected chi connectivity index (χ2v) is 8.56. The summed E-state index contributed by atoms with van der Waals surface area (Å²) in [4.78, 5) is 8.54. The fraction of sp³-hybridized carbons (Fsp3) is 0.474. The smallest absolute Gasteiger partial charge is 0.166 e. The zero-order chi connectivity index (χ0) is 19.9. The van der Waals surface area contributed by atoms with Gasteiger partial charge in [0.05, 0.1) is 16.4 Å². The van der Waals surface area contributed by atoms with Crippen LogP contribution >= 0.6 is 11.6 Å². The van der Waals surface area contributed by atoms with Gasteiger partial charge in [0.2, 0.25) is 0 Å². The molecule has 0 atom stereocenters. The molecule has 0 aliphatic carbocycles. The van der Waals surface area contributed by atoms with Crippen LogP contribution < -0.4 is 11.1 Å². The van der Waals surface area contributed by atoms with E-state index in [0.717, 1.165) is 17.3 Å². The summed E-state index contributed by atoms with van der Waals surface area (Å²) in [7, 11) is 0. The highest BCUT2D eigenvalue weighted by molar-refractivity contribution is 6.31. The third-order valence-corrected chi connectivity index (χ3v) is 4.46. The highest BCUT2D eigenvalue weighted by atomic mass is 35.5. The molecule has 0 aliphatic rings. The first-order valence-electron chi connectivity index (χ1n) is 8.36. The highest BCUT2D eigenvalue weighted by Gasteiger charge is 2.28. The van der Waals surface area contributed by atoms with Crippen molar-refractivity contribution in [1.82, 2.24) is 9.97 Å². The van der Waals surface area contributed by atoms with Gasteiger partial charge in [0.25, 0.3) is 0 Å². The molecule has 7 heteroatoms. The maximum absolute atomic E-state index is 14.4. The number of halogens is 3. The van der Waals surface area contributed by atoms with Crippen molar-refractivity contribution in [2.45, 2.75) is 52.4 Å². The lowest BCUT2D eigenvalue weighted by atomic mass is 9.88. The number of hydrogen-bond donors (Lipinski definition) is 2. The van der Waals surface area contributed by atoms with Gasteiger partial charge in [-0.05, 0) is 24.6 Å². The lowest BCUT2D eigenvalue weighted by Crippen LogP contribution is -2.30. The predicted octanol–water partition coefficient (Wildman–Crippen LogP) is 4.99. The number of nitrogens with one attached hydrogen (secondary N) is 1. The van der Waals surface area contributed by atoms with Gasteiger partial charge in [-0.3, -0.25) is 0 Å². The molecule has 3 N–H and O–H groups in total. The van der Waals surface area contributed by atoms with Gasteiger partial charge in [-0.25, -0.2) is 18.7 Å². The molecule has 2 rings (SSSR count). The highest BCUT2D eigenvalue weighted by Crippen LogP contribution is 2.31. The number of pyridine rings is 2. The van der Waals surface area contributed by atoms with Crippen LogP contribution in [0.25, 0.3) is 0 Å². The van der Waals surface area contributed by atoms with Crippen molar-refractivity contribution in [3.8, 4) is 0 Å². The third-order valence-electron chi connectivity index (χ3n) is 4.17. The van der Waals surface area contributed by atoms with E-state index in [1.54, 1.807) is 0 Å². The summed E-state index contributed by atoms with van der Waals surface area (Å²) in [5, 5.41) is 3.21.